The summed E-state index contributed by atoms with van der Waals surface area (Å²) >= 11 is 1.62. The molecule has 1 N–H and O–H groups in total. The highest BCUT2D eigenvalue weighted by atomic mass is 32.1. The van der Waals surface area contributed by atoms with Crippen molar-refractivity contribution in [1.29, 1.82) is 0 Å². The first-order valence-electron chi connectivity index (χ1n) is 11.7. The fraction of sp³-hybridized carbons (Fsp3) is 0.560. The Morgan fingerprint density at radius 1 is 1.03 bits per heavy atom. The third-order valence-corrected chi connectivity index (χ3v) is 5.91. The molecule has 10 heteroatoms. The van der Waals surface area contributed by atoms with E-state index in [9.17, 15) is 9.59 Å². The lowest BCUT2D eigenvalue weighted by atomic mass is 9.99. The molecule has 3 rings (SSSR count). The quantitative estimate of drug-likeness (QED) is 0.469. The number of nitrogens with zero attached hydrogens (tertiary/aromatic N) is 2. The molecule has 2 heterocycles. The van der Waals surface area contributed by atoms with Crippen LogP contribution in [-0.2, 0) is 20.9 Å². The van der Waals surface area contributed by atoms with Crippen LogP contribution in [0.25, 0.3) is 0 Å². The molecule has 1 aromatic heterocycles. The molecule has 1 aromatic carbocycles. The van der Waals surface area contributed by atoms with Crippen LogP contribution in [0.3, 0.4) is 0 Å². The summed E-state index contributed by atoms with van der Waals surface area (Å²) in [6.07, 6.45) is 0.535. The summed E-state index contributed by atoms with van der Waals surface area (Å²) < 4.78 is 16.3. The van der Waals surface area contributed by atoms with Crippen LogP contribution in [0.4, 0.5) is 15.3 Å². The van der Waals surface area contributed by atoms with Crippen LogP contribution in [0.1, 0.15) is 71.0 Å². The van der Waals surface area contributed by atoms with Crippen molar-refractivity contribution in [3.63, 3.8) is 0 Å². The van der Waals surface area contributed by atoms with E-state index in [4.69, 9.17) is 24.0 Å². The molecular weight excluding hydrogens is 470 g/mol. The number of hydroxylamine groups is 2. The summed E-state index contributed by atoms with van der Waals surface area (Å²) in [7, 11) is 0. The van der Waals surface area contributed by atoms with Gasteiger partial charge in [-0.1, -0.05) is 0 Å². The van der Waals surface area contributed by atoms with Gasteiger partial charge in [0.15, 0.2) is 0 Å². The number of aromatic nitrogens is 1. The summed E-state index contributed by atoms with van der Waals surface area (Å²) in [6.45, 7) is 12.5. The van der Waals surface area contributed by atoms with E-state index in [0.717, 1.165) is 23.5 Å². The second kappa shape index (κ2) is 11.3. The van der Waals surface area contributed by atoms with Gasteiger partial charge in [-0.2, -0.15) is 0 Å². The predicted octanol–water partition coefficient (Wildman–Crippen LogP) is 6.12. The minimum absolute atomic E-state index is 0.324. The van der Waals surface area contributed by atoms with Crippen LogP contribution in [-0.4, -0.2) is 46.6 Å². The minimum atomic E-state index is -0.668. The molecule has 0 atom stereocenters. The van der Waals surface area contributed by atoms with Crippen LogP contribution in [0.15, 0.2) is 29.6 Å². The summed E-state index contributed by atoms with van der Waals surface area (Å²) in [4.78, 5) is 33.8. The number of carbonyl (C=O) groups is 2. The van der Waals surface area contributed by atoms with Crippen LogP contribution in [0.5, 0.6) is 5.75 Å². The largest absolute Gasteiger partial charge is 0.528 e. The summed E-state index contributed by atoms with van der Waals surface area (Å²) in [5.41, 5.74) is 0.371. The molecule has 2 aromatic rings. The second-order valence-electron chi connectivity index (χ2n) is 10.4. The molecule has 1 aliphatic heterocycles. The first-order valence-corrected chi connectivity index (χ1v) is 12.6. The Morgan fingerprint density at radius 2 is 1.66 bits per heavy atom. The van der Waals surface area contributed by atoms with E-state index in [0.29, 0.717) is 37.1 Å². The standard InChI is InChI=1S/C25H35N3O6S/c1-24(2,3)32-22(29)27-18-7-9-20(10-8-18)31-15-19-16-35-21(26-19)17-11-13-28(14-12-17)34-23(30)33-25(4,5)6/h7-10,16-17H,11-15H2,1-6H3,(H,27,29). The number of carbonyl (C=O) groups excluding carboxylic acids is 2. The normalized spacial score (nSPS) is 15.4. The number of rotatable bonds is 6. The van der Waals surface area contributed by atoms with Crippen LogP contribution in [0, 0.1) is 0 Å². The number of nitrogens with one attached hydrogen (secondary N) is 1. The van der Waals surface area contributed by atoms with E-state index < -0.39 is 23.5 Å². The van der Waals surface area contributed by atoms with Gasteiger partial charge in [0.2, 0.25) is 0 Å². The van der Waals surface area contributed by atoms with Crippen molar-refractivity contribution in [2.75, 3.05) is 18.4 Å². The lowest BCUT2D eigenvalue weighted by Crippen LogP contribution is -2.37. The van der Waals surface area contributed by atoms with Crippen LogP contribution >= 0.6 is 11.3 Å². The van der Waals surface area contributed by atoms with Gasteiger partial charge in [-0.3, -0.25) is 5.32 Å². The monoisotopic (exact) mass is 505 g/mol. The van der Waals surface area contributed by atoms with Gasteiger partial charge < -0.3 is 19.0 Å². The van der Waals surface area contributed by atoms with Crippen LogP contribution in [0.2, 0.25) is 0 Å². The molecule has 0 unspecified atom stereocenters. The predicted molar refractivity (Wildman–Crippen MR) is 134 cm³/mol. The molecule has 0 aliphatic carbocycles. The number of anilines is 1. The van der Waals surface area contributed by atoms with E-state index in [1.54, 1.807) is 40.7 Å². The molecule has 9 nitrogen and oxygen atoms in total. The third-order valence-electron chi connectivity index (χ3n) is 4.85. The van der Waals surface area contributed by atoms with Gasteiger partial charge in [-0.15, -0.1) is 16.4 Å². The van der Waals surface area contributed by atoms with Gasteiger partial charge in [0.1, 0.15) is 23.6 Å². The molecule has 1 fully saturated rings. The highest BCUT2D eigenvalue weighted by Gasteiger charge is 2.27. The van der Waals surface area contributed by atoms with E-state index in [1.165, 1.54) is 0 Å². The highest BCUT2D eigenvalue weighted by Crippen LogP contribution is 2.31. The first-order chi connectivity index (χ1) is 16.4. The molecule has 0 saturated carbocycles. The lowest BCUT2D eigenvalue weighted by Gasteiger charge is -2.30. The fourth-order valence-electron chi connectivity index (χ4n) is 3.36. The van der Waals surface area contributed by atoms with Crippen molar-refractivity contribution in [1.82, 2.24) is 10.0 Å². The summed E-state index contributed by atoms with van der Waals surface area (Å²) in [6, 6.07) is 7.11. The topological polar surface area (TPSA) is 99.2 Å². The van der Waals surface area contributed by atoms with Crippen molar-refractivity contribution < 1.29 is 28.6 Å². The molecule has 1 amide bonds. The number of ether oxygens (including phenoxy) is 3. The lowest BCUT2D eigenvalue weighted by molar-refractivity contribution is -0.152. The average molecular weight is 506 g/mol. The zero-order chi connectivity index (χ0) is 25.6. The highest BCUT2D eigenvalue weighted by molar-refractivity contribution is 7.09. The zero-order valence-corrected chi connectivity index (χ0v) is 22.1. The van der Waals surface area contributed by atoms with Gasteiger partial charge in [-0.05, 0) is 78.6 Å². The number of thiazole rings is 1. The van der Waals surface area contributed by atoms with E-state index in [2.05, 4.69) is 5.32 Å². The molecule has 0 bridgehead atoms. The number of benzene rings is 1. The first kappa shape index (κ1) is 26.7. The maximum Gasteiger partial charge on any atom is 0.528 e. The van der Waals surface area contributed by atoms with Crippen molar-refractivity contribution in [2.24, 2.45) is 0 Å². The van der Waals surface area contributed by atoms with Crippen molar-refractivity contribution in [3.05, 3.63) is 40.3 Å². The average Bonchev–Trinajstić information content (AvgIpc) is 3.20. The summed E-state index contributed by atoms with van der Waals surface area (Å²) in [5.74, 6) is 1.01. The molecule has 1 saturated heterocycles. The molecule has 35 heavy (non-hydrogen) atoms. The van der Waals surface area contributed by atoms with Crippen LogP contribution < -0.4 is 10.1 Å². The molecule has 0 spiro atoms. The Kier molecular flexibility index (Phi) is 8.60. The Labute approximate surface area is 210 Å². The van der Waals surface area contributed by atoms with Crippen molar-refractivity contribution >= 4 is 29.3 Å². The fourth-order valence-corrected chi connectivity index (χ4v) is 4.33. The second-order valence-corrected chi connectivity index (χ2v) is 11.3. The Hall–Kier alpha value is -2.85. The van der Waals surface area contributed by atoms with E-state index in [-0.39, 0.29) is 0 Å². The number of amides is 1. The maximum absolute atomic E-state index is 11.9. The molecule has 1 aliphatic rings. The van der Waals surface area contributed by atoms with Crippen molar-refractivity contribution in [3.8, 4) is 5.75 Å². The Balaban J connectivity index is 1.42. The minimum Gasteiger partial charge on any atom is -0.487 e. The molecule has 192 valence electrons. The number of hydrogen-bond acceptors (Lipinski definition) is 9. The number of piperidine rings is 1. The van der Waals surface area contributed by atoms with E-state index in [1.807, 2.05) is 46.9 Å². The number of hydrogen-bond donors (Lipinski definition) is 1. The molecular formula is C25H35N3O6S. The van der Waals surface area contributed by atoms with Gasteiger partial charge in [0.25, 0.3) is 0 Å². The Bertz CT molecular complexity index is 986. The smallest absolute Gasteiger partial charge is 0.487 e. The van der Waals surface area contributed by atoms with Gasteiger partial charge in [-0.25, -0.2) is 14.6 Å². The van der Waals surface area contributed by atoms with Gasteiger partial charge in [0, 0.05) is 30.1 Å². The van der Waals surface area contributed by atoms with Crippen molar-refractivity contribution in [2.45, 2.75) is 78.1 Å². The zero-order valence-electron chi connectivity index (χ0n) is 21.3. The Morgan fingerprint density at radius 3 is 2.26 bits per heavy atom. The van der Waals surface area contributed by atoms with Gasteiger partial charge in [0.05, 0.1) is 10.7 Å². The molecule has 0 radical (unpaired) electrons. The van der Waals surface area contributed by atoms with E-state index >= 15 is 0 Å². The third kappa shape index (κ3) is 9.37. The SMILES string of the molecule is CC(C)(C)OC(=O)Nc1ccc(OCc2csc(C3CCN(OC(=O)OC(C)(C)C)CC3)n2)cc1. The van der Waals surface area contributed by atoms with Gasteiger partial charge >= 0.3 is 12.2 Å². The summed E-state index contributed by atoms with van der Waals surface area (Å²) in [5, 5.41) is 7.43. The maximum atomic E-state index is 11.9.